The van der Waals surface area contributed by atoms with Gasteiger partial charge in [-0.05, 0) is 48.9 Å². The summed E-state index contributed by atoms with van der Waals surface area (Å²) in [6.07, 6.45) is 0. The number of hydrogen-bond acceptors (Lipinski definition) is 1. The smallest absolute Gasteiger partial charge is 0.255 e. The Bertz CT molecular complexity index is 623. The zero-order chi connectivity index (χ0) is 14.0. The van der Waals surface area contributed by atoms with Crippen molar-refractivity contribution in [2.45, 2.75) is 6.92 Å². The molecule has 2 rings (SSSR count). The van der Waals surface area contributed by atoms with Crippen LogP contribution in [0.4, 0.5) is 14.5 Å². The highest BCUT2D eigenvalue weighted by Gasteiger charge is 2.10. The van der Waals surface area contributed by atoms with E-state index in [-0.39, 0.29) is 5.56 Å². The van der Waals surface area contributed by atoms with Gasteiger partial charge in [-0.1, -0.05) is 15.9 Å². The van der Waals surface area contributed by atoms with E-state index in [0.29, 0.717) is 5.69 Å². The summed E-state index contributed by atoms with van der Waals surface area (Å²) in [5.74, 6) is -2.51. The van der Waals surface area contributed by atoms with Crippen LogP contribution < -0.4 is 5.32 Å². The molecule has 0 unspecified atom stereocenters. The van der Waals surface area contributed by atoms with E-state index < -0.39 is 17.5 Å². The van der Waals surface area contributed by atoms with Gasteiger partial charge in [0.1, 0.15) is 0 Å². The van der Waals surface area contributed by atoms with Crippen LogP contribution in [0.1, 0.15) is 15.9 Å². The highest BCUT2D eigenvalue weighted by atomic mass is 79.9. The second-order valence-corrected chi connectivity index (χ2v) is 5.02. The molecular weight excluding hydrogens is 316 g/mol. The molecule has 0 spiro atoms. The molecule has 1 N–H and O–H groups in total. The Balaban J connectivity index is 2.22. The lowest BCUT2D eigenvalue weighted by Gasteiger charge is -2.07. The quantitative estimate of drug-likeness (QED) is 0.876. The number of carbonyl (C=O) groups is 1. The molecule has 2 nitrogen and oxygen atoms in total. The maximum atomic E-state index is 13.0. The molecule has 0 saturated heterocycles. The topological polar surface area (TPSA) is 29.1 Å². The van der Waals surface area contributed by atoms with Gasteiger partial charge in [0.2, 0.25) is 0 Å². The van der Waals surface area contributed by atoms with Crippen molar-refractivity contribution >= 4 is 27.5 Å². The fraction of sp³-hybridized carbons (Fsp3) is 0.0714. The minimum Gasteiger partial charge on any atom is -0.322 e. The molecule has 0 aliphatic rings. The summed E-state index contributed by atoms with van der Waals surface area (Å²) in [7, 11) is 0. The monoisotopic (exact) mass is 325 g/mol. The second kappa shape index (κ2) is 5.48. The molecule has 2 aromatic rings. The van der Waals surface area contributed by atoms with Gasteiger partial charge in [0.25, 0.3) is 5.91 Å². The van der Waals surface area contributed by atoms with Crippen LogP contribution in [0.25, 0.3) is 0 Å². The normalized spacial score (nSPS) is 10.3. The molecule has 0 aliphatic carbocycles. The molecule has 0 radical (unpaired) electrons. The predicted octanol–water partition coefficient (Wildman–Crippen LogP) is 4.29. The third kappa shape index (κ3) is 3.38. The predicted molar refractivity (Wildman–Crippen MR) is 73.2 cm³/mol. The summed E-state index contributed by atoms with van der Waals surface area (Å²) in [6.45, 7) is 1.89. The van der Waals surface area contributed by atoms with Crippen molar-refractivity contribution in [2.24, 2.45) is 0 Å². The van der Waals surface area contributed by atoms with Crippen molar-refractivity contribution in [1.82, 2.24) is 0 Å². The van der Waals surface area contributed by atoms with Crippen LogP contribution in [0.5, 0.6) is 0 Å². The van der Waals surface area contributed by atoms with E-state index in [0.717, 1.165) is 22.2 Å². The molecule has 5 heteroatoms. The minimum atomic E-state index is -1.04. The molecule has 0 saturated carbocycles. The number of carbonyl (C=O) groups excluding carboxylic acids is 1. The van der Waals surface area contributed by atoms with Gasteiger partial charge < -0.3 is 5.32 Å². The van der Waals surface area contributed by atoms with Gasteiger partial charge in [0.05, 0.1) is 0 Å². The average Bonchev–Trinajstić information content (AvgIpc) is 2.31. The highest BCUT2D eigenvalue weighted by Crippen LogP contribution is 2.20. The lowest BCUT2D eigenvalue weighted by atomic mass is 10.2. The van der Waals surface area contributed by atoms with Gasteiger partial charge in [-0.2, -0.15) is 0 Å². The van der Waals surface area contributed by atoms with Crippen LogP contribution >= 0.6 is 15.9 Å². The lowest BCUT2D eigenvalue weighted by Crippen LogP contribution is -2.12. The first-order valence-corrected chi connectivity index (χ1v) is 6.28. The third-order valence-corrected chi connectivity index (χ3v) is 2.94. The van der Waals surface area contributed by atoms with E-state index in [1.807, 2.05) is 13.0 Å². The Morgan fingerprint density at radius 1 is 1.11 bits per heavy atom. The van der Waals surface area contributed by atoms with Gasteiger partial charge >= 0.3 is 0 Å². The number of anilines is 1. The van der Waals surface area contributed by atoms with Gasteiger partial charge in [0, 0.05) is 15.7 Å². The second-order valence-electron chi connectivity index (χ2n) is 4.10. The van der Waals surface area contributed by atoms with Gasteiger partial charge in [0.15, 0.2) is 11.6 Å². The zero-order valence-corrected chi connectivity index (χ0v) is 11.6. The van der Waals surface area contributed by atoms with Crippen LogP contribution in [-0.2, 0) is 0 Å². The van der Waals surface area contributed by atoms with Crippen LogP contribution in [0, 0.1) is 18.6 Å². The number of benzene rings is 2. The van der Waals surface area contributed by atoms with Gasteiger partial charge in [-0.25, -0.2) is 8.78 Å². The fourth-order valence-corrected chi connectivity index (χ4v) is 2.26. The molecular formula is C14H10BrF2NO. The van der Waals surface area contributed by atoms with Crippen LogP contribution in [0.3, 0.4) is 0 Å². The van der Waals surface area contributed by atoms with Crippen molar-refractivity contribution in [2.75, 3.05) is 5.32 Å². The number of halogens is 3. The summed E-state index contributed by atoms with van der Waals surface area (Å²) >= 11 is 3.32. The maximum absolute atomic E-state index is 13.0. The van der Waals surface area contributed by atoms with E-state index in [2.05, 4.69) is 21.2 Å². The number of rotatable bonds is 2. The maximum Gasteiger partial charge on any atom is 0.255 e. The summed E-state index contributed by atoms with van der Waals surface area (Å²) < 4.78 is 26.7. The van der Waals surface area contributed by atoms with E-state index in [9.17, 15) is 13.6 Å². The fourth-order valence-electron chi connectivity index (χ4n) is 1.65. The van der Waals surface area contributed by atoms with E-state index in [1.165, 1.54) is 6.07 Å². The molecule has 0 fully saturated rings. The average molecular weight is 326 g/mol. The van der Waals surface area contributed by atoms with Crippen LogP contribution in [0.15, 0.2) is 40.9 Å². The molecule has 1 amide bonds. The van der Waals surface area contributed by atoms with Gasteiger partial charge in [-0.15, -0.1) is 0 Å². The number of amides is 1. The molecule has 0 bridgehead atoms. The van der Waals surface area contributed by atoms with Crippen LogP contribution in [0.2, 0.25) is 0 Å². The number of hydrogen-bond donors (Lipinski definition) is 1. The van der Waals surface area contributed by atoms with E-state index in [1.54, 1.807) is 12.1 Å². The summed E-state index contributed by atoms with van der Waals surface area (Å²) in [5, 5.41) is 2.63. The molecule has 0 aromatic heterocycles. The van der Waals surface area contributed by atoms with Crippen molar-refractivity contribution in [1.29, 1.82) is 0 Å². The first kappa shape index (κ1) is 13.7. The standard InChI is InChI=1S/C14H10BrF2NO/c1-8-4-10(15)7-11(5-8)18-14(19)9-2-3-12(16)13(17)6-9/h2-7H,1H3,(H,18,19). The Morgan fingerprint density at radius 2 is 1.84 bits per heavy atom. The number of nitrogens with one attached hydrogen (secondary N) is 1. The SMILES string of the molecule is Cc1cc(Br)cc(NC(=O)c2ccc(F)c(F)c2)c1. The molecule has 0 aliphatic heterocycles. The molecule has 0 heterocycles. The van der Waals surface area contributed by atoms with Crippen molar-refractivity contribution in [3.63, 3.8) is 0 Å². The molecule has 2 aromatic carbocycles. The number of aryl methyl sites for hydroxylation is 1. The Kier molecular flexibility index (Phi) is 3.95. The Hall–Kier alpha value is -1.75. The summed E-state index contributed by atoms with van der Waals surface area (Å²) in [5.41, 5.74) is 1.62. The zero-order valence-electron chi connectivity index (χ0n) is 10.0. The minimum absolute atomic E-state index is 0.0662. The molecule has 0 atom stereocenters. The van der Waals surface area contributed by atoms with E-state index in [4.69, 9.17) is 0 Å². The Morgan fingerprint density at radius 3 is 2.47 bits per heavy atom. The summed E-state index contributed by atoms with van der Waals surface area (Å²) in [6, 6.07) is 8.44. The first-order valence-electron chi connectivity index (χ1n) is 5.49. The summed E-state index contributed by atoms with van der Waals surface area (Å²) in [4.78, 5) is 11.9. The third-order valence-electron chi connectivity index (χ3n) is 2.48. The van der Waals surface area contributed by atoms with Gasteiger partial charge in [-0.3, -0.25) is 4.79 Å². The van der Waals surface area contributed by atoms with Crippen molar-refractivity contribution in [3.05, 3.63) is 63.6 Å². The highest BCUT2D eigenvalue weighted by molar-refractivity contribution is 9.10. The molecule has 98 valence electrons. The largest absolute Gasteiger partial charge is 0.322 e. The van der Waals surface area contributed by atoms with Crippen LogP contribution in [-0.4, -0.2) is 5.91 Å². The molecule has 19 heavy (non-hydrogen) atoms. The van der Waals surface area contributed by atoms with Crippen molar-refractivity contribution < 1.29 is 13.6 Å². The van der Waals surface area contributed by atoms with E-state index >= 15 is 0 Å². The van der Waals surface area contributed by atoms with Crippen molar-refractivity contribution in [3.8, 4) is 0 Å². The first-order chi connectivity index (χ1) is 8.95. The lowest BCUT2D eigenvalue weighted by molar-refractivity contribution is 0.102. The Labute approximate surface area is 117 Å².